The SMILES string of the molecule is CN(C(=O)C(=O)c1c2n(c3ccccc13)CCNCC2)c1cccc(Cl)c1. The summed E-state index contributed by atoms with van der Waals surface area (Å²) in [5, 5.41) is 4.72. The summed E-state index contributed by atoms with van der Waals surface area (Å²) >= 11 is 6.03. The second-order valence-corrected chi connectivity index (χ2v) is 7.10. The minimum atomic E-state index is -0.561. The van der Waals surface area contributed by atoms with Gasteiger partial charge in [-0.25, -0.2) is 0 Å². The maximum Gasteiger partial charge on any atom is 0.299 e. The van der Waals surface area contributed by atoms with Crippen molar-refractivity contribution in [3.8, 4) is 0 Å². The van der Waals surface area contributed by atoms with Crippen LogP contribution in [0.15, 0.2) is 48.5 Å². The number of para-hydroxylation sites is 1. The minimum Gasteiger partial charge on any atom is -0.343 e. The number of hydrogen-bond acceptors (Lipinski definition) is 3. The number of rotatable bonds is 3. The molecule has 5 nitrogen and oxygen atoms in total. The van der Waals surface area contributed by atoms with Gasteiger partial charge in [0, 0.05) is 60.4 Å². The van der Waals surface area contributed by atoms with Gasteiger partial charge in [0.15, 0.2) is 0 Å². The van der Waals surface area contributed by atoms with Crippen molar-refractivity contribution in [1.82, 2.24) is 9.88 Å². The van der Waals surface area contributed by atoms with Gasteiger partial charge in [0.05, 0.1) is 5.56 Å². The van der Waals surface area contributed by atoms with Crippen molar-refractivity contribution < 1.29 is 9.59 Å². The van der Waals surface area contributed by atoms with E-state index in [0.29, 0.717) is 22.7 Å². The lowest BCUT2D eigenvalue weighted by molar-refractivity contribution is -0.114. The van der Waals surface area contributed by atoms with Crippen LogP contribution in [-0.2, 0) is 17.8 Å². The number of carbonyl (C=O) groups is 2. The van der Waals surface area contributed by atoms with Crippen LogP contribution in [0.5, 0.6) is 0 Å². The van der Waals surface area contributed by atoms with Crippen LogP contribution in [0.1, 0.15) is 16.1 Å². The van der Waals surface area contributed by atoms with Crippen LogP contribution in [0.25, 0.3) is 10.9 Å². The Kier molecular flexibility index (Phi) is 4.72. The number of aromatic nitrogens is 1. The number of fused-ring (bicyclic) bond motifs is 3. The van der Waals surface area contributed by atoms with E-state index in [1.165, 1.54) is 4.90 Å². The zero-order chi connectivity index (χ0) is 19.0. The van der Waals surface area contributed by atoms with Crippen molar-refractivity contribution in [1.29, 1.82) is 0 Å². The van der Waals surface area contributed by atoms with E-state index in [0.717, 1.165) is 36.2 Å². The third-order valence-corrected chi connectivity index (χ3v) is 5.29. The van der Waals surface area contributed by atoms with Gasteiger partial charge in [-0.05, 0) is 24.3 Å². The standard InChI is InChI=1S/C21H20ClN3O2/c1-24(15-6-4-5-14(22)13-15)21(27)20(26)19-16-7-2-3-8-17(16)25-12-11-23-10-9-18(19)25/h2-8,13,23H,9-12H2,1H3. The third-order valence-electron chi connectivity index (χ3n) is 5.05. The first-order valence-corrected chi connectivity index (χ1v) is 9.34. The molecule has 0 fully saturated rings. The van der Waals surface area contributed by atoms with Crippen LogP contribution >= 0.6 is 11.6 Å². The summed E-state index contributed by atoms with van der Waals surface area (Å²) in [6.07, 6.45) is 0.712. The molecule has 0 unspecified atom stereocenters. The van der Waals surface area contributed by atoms with Crippen LogP contribution in [0.2, 0.25) is 5.02 Å². The van der Waals surface area contributed by atoms with E-state index in [2.05, 4.69) is 9.88 Å². The largest absolute Gasteiger partial charge is 0.343 e. The van der Waals surface area contributed by atoms with Crippen molar-refractivity contribution in [2.75, 3.05) is 25.0 Å². The molecule has 0 atom stereocenters. The molecule has 0 saturated heterocycles. The molecule has 1 aliphatic rings. The molecule has 2 aromatic carbocycles. The second-order valence-electron chi connectivity index (χ2n) is 6.66. The zero-order valence-electron chi connectivity index (χ0n) is 15.0. The zero-order valence-corrected chi connectivity index (χ0v) is 15.8. The molecule has 1 aromatic heterocycles. The second kappa shape index (κ2) is 7.18. The third kappa shape index (κ3) is 3.13. The molecule has 3 aromatic rings. The fraction of sp³-hybridized carbons (Fsp3) is 0.238. The Labute approximate surface area is 162 Å². The lowest BCUT2D eigenvalue weighted by Gasteiger charge is -2.17. The van der Waals surface area contributed by atoms with Crippen molar-refractivity contribution in [2.45, 2.75) is 13.0 Å². The van der Waals surface area contributed by atoms with Crippen molar-refractivity contribution in [3.63, 3.8) is 0 Å². The first-order valence-electron chi connectivity index (χ1n) is 8.96. The van der Waals surface area contributed by atoms with Gasteiger partial charge in [-0.1, -0.05) is 35.9 Å². The molecular weight excluding hydrogens is 362 g/mol. The summed E-state index contributed by atoms with van der Waals surface area (Å²) in [5.41, 5.74) is 3.04. The molecule has 0 saturated carbocycles. The molecule has 0 aliphatic carbocycles. The van der Waals surface area contributed by atoms with Crippen LogP contribution < -0.4 is 10.2 Å². The van der Waals surface area contributed by atoms with Gasteiger partial charge >= 0.3 is 0 Å². The van der Waals surface area contributed by atoms with Gasteiger partial charge in [-0.15, -0.1) is 0 Å². The number of hydrogen-bond donors (Lipinski definition) is 1. The van der Waals surface area contributed by atoms with E-state index in [4.69, 9.17) is 11.6 Å². The van der Waals surface area contributed by atoms with E-state index in [-0.39, 0.29) is 0 Å². The maximum absolute atomic E-state index is 13.2. The van der Waals surface area contributed by atoms with Gasteiger partial charge < -0.3 is 14.8 Å². The molecule has 0 radical (unpaired) electrons. The highest BCUT2D eigenvalue weighted by Crippen LogP contribution is 2.29. The van der Waals surface area contributed by atoms with Crippen molar-refractivity contribution in [2.24, 2.45) is 0 Å². The first kappa shape index (κ1) is 17.8. The lowest BCUT2D eigenvalue weighted by atomic mass is 10.0. The highest BCUT2D eigenvalue weighted by molar-refractivity contribution is 6.49. The van der Waals surface area contributed by atoms with Crippen LogP contribution in [-0.4, -0.2) is 36.4 Å². The Morgan fingerprint density at radius 2 is 1.93 bits per heavy atom. The van der Waals surface area contributed by atoms with Crippen molar-refractivity contribution in [3.05, 3.63) is 64.8 Å². The Hall–Kier alpha value is -2.63. The Balaban J connectivity index is 1.78. The number of ketones is 1. The summed E-state index contributed by atoms with van der Waals surface area (Å²) in [7, 11) is 1.60. The highest BCUT2D eigenvalue weighted by atomic mass is 35.5. The molecule has 0 bridgehead atoms. The predicted molar refractivity (Wildman–Crippen MR) is 108 cm³/mol. The number of benzene rings is 2. The van der Waals surface area contributed by atoms with Gasteiger partial charge in [0.25, 0.3) is 11.7 Å². The van der Waals surface area contributed by atoms with Crippen LogP contribution in [0, 0.1) is 0 Å². The number of amides is 1. The van der Waals surface area contributed by atoms with Gasteiger partial charge in [-0.2, -0.15) is 0 Å². The molecule has 0 spiro atoms. The smallest absolute Gasteiger partial charge is 0.299 e. The number of halogens is 1. The predicted octanol–water partition coefficient (Wildman–Crippen LogP) is 3.29. The monoisotopic (exact) mass is 381 g/mol. The van der Waals surface area contributed by atoms with Crippen LogP contribution in [0.4, 0.5) is 5.69 Å². The molecule has 6 heteroatoms. The van der Waals surface area contributed by atoms with Crippen LogP contribution in [0.3, 0.4) is 0 Å². The quantitative estimate of drug-likeness (QED) is 0.559. The molecule has 4 rings (SSSR count). The molecule has 2 heterocycles. The van der Waals surface area contributed by atoms with Gasteiger partial charge in [0.1, 0.15) is 0 Å². The molecule has 1 N–H and O–H groups in total. The average Bonchev–Trinajstić information content (AvgIpc) is 2.82. The van der Waals surface area contributed by atoms with E-state index in [1.807, 2.05) is 24.3 Å². The minimum absolute atomic E-state index is 0.482. The summed E-state index contributed by atoms with van der Waals surface area (Å²) in [4.78, 5) is 27.6. The molecular formula is C21H20ClN3O2. The topological polar surface area (TPSA) is 54.3 Å². The van der Waals surface area contributed by atoms with Gasteiger partial charge in [-0.3, -0.25) is 9.59 Å². The van der Waals surface area contributed by atoms with Gasteiger partial charge in [0.2, 0.25) is 0 Å². The first-order chi connectivity index (χ1) is 13.1. The number of Topliss-reactive ketones (excluding diaryl/α,β-unsaturated/α-hetero) is 1. The summed E-state index contributed by atoms with van der Waals surface area (Å²) in [5.74, 6) is -1.04. The van der Waals surface area contributed by atoms with E-state index < -0.39 is 11.7 Å². The maximum atomic E-state index is 13.2. The van der Waals surface area contributed by atoms with Crippen molar-refractivity contribution >= 4 is 39.9 Å². The summed E-state index contributed by atoms with van der Waals surface area (Å²) in [6, 6.07) is 14.7. The number of likely N-dealkylation sites (N-methyl/N-ethyl adjacent to an activating group) is 1. The number of nitrogens with one attached hydrogen (secondary N) is 1. The van der Waals surface area contributed by atoms with E-state index in [1.54, 1.807) is 31.3 Å². The lowest BCUT2D eigenvalue weighted by Crippen LogP contribution is -2.33. The van der Waals surface area contributed by atoms with E-state index >= 15 is 0 Å². The molecule has 27 heavy (non-hydrogen) atoms. The summed E-state index contributed by atoms with van der Waals surface area (Å²) in [6.45, 7) is 2.41. The fourth-order valence-electron chi connectivity index (χ4n) is 3.71. The number of anilines is 1. The molecule has 138 valence electrons. The Bertz CT molecular complexity index is 1040. The number of carbonyl (C=O) groups excluding carboxylic acids is 2. The average molecular weight is 382 g/mol. The molecule has 1 amide bonds. The summed E-state index contributed by atoms with van der Waals surface area (Å²) < 4.78 is 2.16. The fourth-order valence-corrected chi connectivity index (χ4v) is 3.89. The highest BCUT2D eigenvalue weighted by Gasteiger charge is 2.29. The normalized spacial score (nSPS) is 13.9. The number of nitrogens with zero attached hydrogens (tertiary/aromatic N) is 2. The Morgan fingerprint density at radius 3 is 2.74 bits per heavy atom. The Morgan fingerprint density at radius 1 is 1.11 bits per heavy atom. The van der Waals surface area contributed by atoms with E-state index in [9.17, 15) is 9.59 Å². The molecule has 1 aliphatic heterocycles.